The molecule has 0 saturated heterocycles. The van der Waals surface area contributed by atoms with Gasteiger partial charge in [0.2, 0.25) is 11.9 Å². The summed E-state index contributed by atoms with van der Waals surface area (Å²) in [5.41, 5.74) is 1.01. The summed E-state index contributed by atoms with van der Waals surface area (Å²) >= 11 is 0. The van der Waals surface area contributed by atoms with Gasteiger partial charge in [-0.2, -0.15) is 0 Å². The molecule has 1 saturated carbocycles. The minimum Gasteiger partial charge on any atom is -0.350 e. The van der Waals surface area contributed by atoms with Crippen molar-refractivity contribution in [3.8, 4) is 0 Å². The lowest BCUT2D eigenvalue weighted by Crippen LogP contribution is -2.29. The van der Waals surface area contributed by atoms with Crippen molar-refractivity contribution in [3.05, 3.63) is 35.9 Å². The minimum atomic E-state index is -0.435. The van der Waals surface area contributed by atoms with Crippen molar-refractivity contribution in [2.24, 2.45) is 5.92 Å². The van der Waals surface area contributed by atoms with E-state index in [2.05, 4.69) is 24.8 Å². The number of aromatic nitrogens is 4. The van der Waals surface area contributed by atoms with Crippen molar-refractivity contribution in [3.63, 3.8) is 0 Å². The normalized spacial score (nSPS) is 17.1. The lowest BCUT2D eigenvalue weighted by Gasteiger charge is -2.19. The summed E-state index contributed by atoms with van der Waals surface area (Å²) in [5.74, 6) is 1.80. The van der Waals surface area contributed by atoms with Crippen LogP contribution in [-0.4, -0.2) is 38.5 Å². The molecule has 2 aromatic heterocycles. The first kappa shape index (κ1) is 16.0. The second-order valence-corrected chi connectivity index (χ2v) is 6.68. The van der Waals surface area contributed by atoms with Crippen molar-refractivity contribution < 1.29 is 9.18 Å². The zero-order valence-corrected chi connectivity index (χ0v) is 14.0. The van der Waals surface area contributed by atoms with Crippen LogP contribution >= 0.6 is 0 Å². The predicted molar refractivity (Wildman–Crippen MR) is 89.3 cm³/mol. The number of anilines is 1. The molecule has 0 aromatic carbocycles. The third-order valence-electron chi connectivity index (χ3n) is 4.75. The summed E-state index contributed by atoms with van der Waals surface area (Å²) in [7, 11) is 0. The van der Waals surface area contributed by atoms with Crippen molar-refractivity contribution in [1.82, 2.24) is 24.8 Å². The Hall–Kier alpha value is -2.51. The SMILES string of the molecule is O=C(CC1CC1)NCc1cnc2n1CCN(c1ncc(F)cn1)CC2. The Kier molecular flexibility index (Phi) is 4.33. The Labute approximate surface area is 145 Å². The molecule has 132 valence electrons. The van der Waals surface area contributed by atoms with Crippen LogP contribution in [0.2, 0.25) is 0 Å². The minimum absolute atomic E-state index is 0.119. The summed E-state index contributed by atoms with van der Waals surface area (Å²) in [5, 5.41) is 3.00. The van der Waals surface area contributed by atoms with Crippen molar-refractivity contribution in [2.45, 2.75) is 38.8 Å². The summed E-state index contributed by atoms with van der Waals surface area (Å²) in [4.78, 5) is 26.5. The van der Waals surface area contributed by atoms with E-state index in [0.29, 0.717) is 24.8 Å². The van der Waals surface area contributed by atoms with Crippen LogP contribution in [0.4, 0.5) is 10.3 Å². The van der Waals surface area contributed by atoms with Gasteiger partial charge in [0.05, 0.1) is 30.8 Å². The Bertz CT molecular complexity index is 755. The average molecular weight is 344 g/mol. The van der Waals surface area contributed by atoms with Crippen LogP contribution in [0.5, 0.6) is 0 Å². The molecule has 4 rings (SSSR count). The number of halogens is 1. The lowest BCUT2D eigenvalue weighted by atomic mass is 10.3. The molecule has 2 aromatic rings. The summed E-state index contributed by atoms with van der Waals surface area (Å²) in [6, 6.07) is 0. The van der Waals surface area contributed by atoms with E-state index in [0.717, 1.165) is 37.6 Å². The molecule has 1 fully saturated rings. The predicted octanol–water partition coefficient (Wildman–Crippen LogP) is 1.29. The quantitative estimate of drug-likeness (QED) is 0.885. The molecule has 0 radical (unpaired) electrons. The highest BCUT2D eigenvalue weighted by atomic mass is 19.1. The van der Waals surface area contributed by atoms with Gasteiger partial charge in [0.25, 0.3) is 0 Å². The van der Waals surface area contributed by atoms with Gasteiger partial charge in [-0.15, -0.1) is 0 Å². The van der Waals surface area contributed by atoms with Crippen molar-refractivity contribution in [1.29, 1.82) is 0 Å². The van der Waals surface area contributed by atoms with E-state index in [1.165, 1.54) is 25.2 Å². The van der Waals surface area contributed by atoms with E-state index in [1.54, 1.807) is 0 Å². The molecule has 0 bridgehead atoms. The van der Waals surface area contributed by atoms with Crippen LogP contribution in [0.3, 0.4) is 0 Å². The number of nitrogens with one attached hydrogen (secondary N) is 1. The van der Waals surface area contributed by atoms with Gasteiger partial charge in [-0.25, -0.2) is 19.3 Å². The van der Waals surface area contributed by atoms with E-state index in [-0.39, 0.29) is 5.91 Å². The second kappa shape index (κ2) is 6.78. The molecule has 1 amide bonds. The van der Waals surface area contributed by atoms with Crippen LogP contribution < -0.4 is 10.2 Å². The number of hydrogen-bond donors (Lipinski definition) is 1. The largest absolute Gasteiger partial charge is 0.350 e. The Morgan fingerprint density at radius 1 is 1.16 bits per heavy atom. The zero-order chi connectivity index (χ0) is 17.2. The molecule has 2 aliphatic rings. The Balaban J connectivity index is 1.39. The first-order valence-corrected chi connectivity index (χ1v) is 8.71. The Morgan fingerprint density at radius 2 is 1.96 bits per heavy atom. The van der Waals surface area contributed by atoms with Gasteiger partial charge in [-0.3, -0.25) is 4.79 Å². The third kappa shape index (κ3) is 3.78. The van der Waals surface area contributed by atoms with Crippen LogP contribution in [0.1, 0.15) is 30.8 Å². The summed E-state index contributed by atoms with van der Waals surface area (Å²) in [6.45, 7) is 2.70. The molecule has 0 atom stereocenters. The molecular formula is C17H21FN6O. The van der Waals surface area contributed by atoms with Gasteiger partial charge in [0, 0.05) is 32.5 Å². The highest BCUT2D eigenvalue weighted by Gasteiger charge is 2.24. The van der Waals surface area contributed by atoms with Gasteiger partial charge in [-0.05, 0) is 18.8 Å². The molecule has 1 aliphatic heterocycles. The topological polar surface area (TPSA) is 75.9 Å². The van der Waals surface area contributed by atoms with Crippen molar-refractivity contribution >= 4 is 11.9 Å². The van der Waals surface area contributed by atoms with Crippen LogP contribution in [0.15, 0.2) is 18.6 Å². The maximum Gasteiger partial charge on any atom is 0.225 e. The van der Waals surface area contributed by atoms with Crippen LogP contribution in [0.25, 0.3) is 0 Å². The monoisotopic (exact) mass is 344 g/mol. The van der Waals surface area contributed by atoms with Crippen LogP contribution in [0, 0.1) is 11.7 Å². The van der Waals surface area contributed by atoms with Gasteiger partial charge in [-0.1, -0.05) is 0 Å². The maximum absolute atomic E-state index is 13.0. The fraction of sp³-hybridized carbons (Fsp3) is 0.529. The fourth-order valence-electron chi connectivity index (χ4n) is 3.15. The highest BCUT2D eigenvalue weighted by Crippen LogP contribution is 2.32. The number of carbonyl (C=O) groups excluding carboxylic acids is 1. The summed E-state index contributed by atoms with van der Waals surface area (Å²) < 4.78 is 15.1. The number of hydrogen-bond acceptors (Lipinski definition) is 5. The summed E-state index contributed by atoms with van der Waals surface area (Å²) in [6.07, 6.45) is 7.97. The zero-order valence-electron chi connectivity index (χ0n) is 14.0. The van der Waals surface area contributed by atoms with Crippen molar-refractivity contribution in [2.75, 3.05) is 18.0 Å². The third-order valence-corrected chi connectivity index (χ3v) is 4.75. The number of fused-ring (bicyclic) bond motifs is 1. The molecule has 8 heteroatoms. The second-order valence-electron chi connectivity index (χ2n) is 6.68. The average Bonchev–Trinajstić information content (AvgIpc) is 3.37. The first-order chi connectivity index (χ1) is 12.2. The maximum atomic E-state index is 13.0. The van der Waals surface area contributed by atoms with Gasteiger partial charge < -0.3 is 14.8 Å². The standard InChI is InChI=1S/C17H21FN6O/c18-13-8-21-17(22-9-13)23-4-3-15-19-10-14(24(15)6-5-23)11-20-16(25)7-12-1-2-12/h8-10,12H,1-7,11H2,(H,20,25). The van der Waals surface area contributed by atoms with Gasteiger partial charge >= 0.3 is 0 Å². The molecule has 25 heavy (non-hydrogen) atoms. The van der Waals surface area contributed by atoms with E-state index >= 15 is 0 Å². The van der Waals surface area contributed by atoms with Gasteiger partial charge in [0.15, 0.2) is 5.82 Å². The first-order valence-electron chi connectivity index (χ1n) is 8.71. The van der Waals surface area contributed by atoms with E-state index < -0.39 is 5.82 Å². The fourth-order valence-corrected chi connectivity index (χ4v) is 3.15. The molecule has 3 heterocycles. The highest BCUT2D eigenvalue weighted by molar-refractivity contribution is 5.76. The van der Waals surface area contributed by atoms with E-state index in [4.69, 9.17) is 0 Å². The van der Waals surface area contributed by atoms with Crippen LogP contribution in [-0.2, 0) is 24.3 Å². The molecular weight excluding hydrogens is 323 g/mol. The molecule has 1 N–H and O–H groups in total. The van der Waals surface area contributed by atoms with E-state index in [1.807, 2.05) is 11.1 Å². The number of imidazole rings is 1. The number of rotatable bonds is 5. The number of amides is 1. The Morgan fingerprint density at radius 3 is 2.72 bits per heavy atom. The number of nitrogens with zero attached hydrogens (tertiary/aromatic N) is 5. The molecule has 7 nitrogen and oxygen atoms in total. The lowest BCUT2D eigenvalue weighted by molar-refractivity contribution is -0.121. The van der Waals surface area contributed by atoms with Gasteiger partial charge in [0.1, 0.15) is 5.82 Å². The number of carbonyl (C=O) groups is 1. The smallest absolute Gasteiger partial charge is 0.225 e. The van der Waals surface area contributed by atoms with E-state index in [9.17, 15) is 9.18 Å². The molecule has 1 aliphatic carbocycles. The molecule has 0 spiro atoms. The molecule has 0 unspecified atom stereocenters.